The quantitative estimate of drug-likeness (QED) is 0.424. The van der Waals surface area contributed by atoms with Gasteiger partial charge in [-0.25, -0.2) is 8.42 Å². The number of hydrogen-bond donors (Lipinski definition) is 2. The minimum absolute atomic E-state index is 0.140. The second-order valence-corrected chi connectivity index (χ2v) is 9.03. The molecule has 0 unspecified atom stereocenters. The number of fused-ring (bicyclic) bond motifs is 1. The number of carbonyl (C=O) groups excluding carboxylic acids is 1. The summed E-state index contributed by atoms with van der Waals surface area (Å²) in [6.07, 6.45) is 1.70. The van der Waals surface area contributed by atoms with E-state index in [0.29, 0.717) is 22.7 Å². The van der Waals surface area contributed by atoms with Crippen molar-refractivity contribution < 1.29 is 22.4 Å². The van der Waals surface area contributed by atoms with Crippen LogP contribution in [0.15, 0.2) is 82.3 Å². The molecule has 8 heteroatoms. The van der Waals surface area contributed by atoms with Gasteiger partial charge in [-0.1, -0.05) is 17.7 Å². The molecule has 0 radical (unpaired) electrons. The van der Waals surface area contributed by atoms with Crippen molar-refractivity contribution in [3.05, 3.63) is 84.1 Å². The Labute approximate surface area is 186 Å². The highest BCUT2D eigenvalue weighted by molar-refractivity contribution is 7.92. The molecule has 0 atom stereocenters. The normalized spacial score (nSPS) is 11.3. The number of sulfonamides is 1. The van der Waals surface area contributed by atoms with E-state index < -0.39 is 10.0 Å². The summed E-state index contributed by atoms with van der Waals surface area (Å²) in [4.78, 5) is 12.7. The highest BCUT2D eigenvalue weighted by atomic mass is 32.2. The van der Waals surface area contributed by atoms with Gasteiger partial charge in [0.2, 0.25) is 5.91 Å². The molecular weight excluding hydrogens is 428 g/mol. The van der Waals surface area contributed by atoms with E-state index in [4.69, 9.17) is 9.15 Å². The molecule has 164 valence electrons. The van der Waals surface area contributed by atoms with Crippen LogP contribution in [-0.4, -0.2) is 21.4 Å². The average Bonchev–Trinajstić information content (AvgIpc) is 3.17. The van der Waals surface area contributed by atoms with Crippen LogP contribution in [-0.2, 0) is 21.2 Å². The second-order valence-electron chi connectivity index (χ2n) is 7.34. The van der Waals surface area contributed by atoms with Crippen LogP contribution in [0.25, 0.3) is 11.0 Å². The maximum absolute atomic E-state index is 12.5. The molecule has 4 aromatic rings. The predicted molar refractivity (Wildman–Crippen MR) is 124 cm³/mol. The molecule has 1 heterocycles. The molecule has 0 saturated carbocycles. The first kappa shape index (κ1) is 21.5. The summed E-state index contributed by atoms with van der Waals surface area (Å²) in [6, 6.07) is 18.5. The fourth-order valence-corrected chi connectivity index (χ4v) is 4.32. The average molecular weight is 451 g/mol. The highest BCUT2D eigenvalue weighted by Crippen LogP contribution is 2.26. The molecule has 32 heavy (non-hydrogen) atoms. The molecule has 4 rings (SSSR count). The molecule has 1 amide bonds. The van der Waals surface area contributed by atoms with Gasteiger partial charge in [0, 0.05) is 28.4 Å². The monoisotopic (exact) mass is 450 g/mol. The zero-order valence-electron chi connectivity index (χ0n) is 17.6. The summed E-state index contributed by atoms with van der Waals surface area (Å²) in [5.41, 5.74) is 3.35. The zero-order chi connectivity index (χ0) is 22.7. The molecule has 0 spiro atoms. The maximum atomic E-state index is 12.5. The molecule has 2 N–H and O–H groups in total. The molecule has 0 aliphatic rings. The fraction of sp³-hybridized carbons (Fsp3) is 0.125. The number of ether oxygens (including phenoxy) is 1. The van der Waals surface area contributed by atoms with E-state index in [1.807, 2.05) is 19.1 Å². The number of furan rings is 1. The number of hydrogen-bond acceptors (Lipinski definition) is 5. The van der Waals surface area contributed by atoms with Crippen molar-refractivity contribution in [1.82, 2.24) is 0 Å². The Hall–Kier alpha value is -3.78. The van der Waals surface area contributed by atoms with Crippen molar-refractivity contribution in [3.8, 4) is 5.75 Å². The van der Waals surface area contributed by atoms with E-state index in [2.05, 4.69) is 10.0 Å². The van der Waals surface area contributed by atoms with Gasteiger partial charge in [-0.15, -0.1) is 0 Å². The van der Waals surface area contributed by atoms with Crippen LogP contribution < -0.4 is 14.8 Å². The first-order chi connectivity index (χ1) is 15.3. The number of methoxy groups -OCH3 is 1. The van der Waals surface area contributed by atoms with E-state index in [-0.39, 0.29) is 17.2 Å². The molecule has 0 bridgehead atoms. The van der Waals surface area contributed by atoms with Gasteiger partial charge in [-0.2, -0.15) is 0 Å². The van der Waals surface area contributed by atoms with E-state index in [9.17, 15) is 13.2 Å². The predicted octanol–water partition coefficient (Wildman–Crippen LogP) is 4.73. The van der Waals surface area contributed by atoms with Gasteiger partial charge >= 0.3 is 0 Å². The summed E-state index contributed by atoms with van der Waals surface area (Å²) in [5.74, 6) is 0.470. The number of amides is 1. The third-order valence-electron chi connectivity index (χ3n) is 4.97. The van der Waals surface area contributed by atoms with Gasteiger partial charge < -0.3 is 14.5 Å². The van der Waals surface area contributed by atoms with Gasteiger partial charge in [0.15, 0.2) is 0 Å². The Morgan fingerprint density at radius 1 is 0.969 bits per heavy atom. The Balaban J connectivity index is 1.40. The molecule has 0 fully saturated rings. The van der Waals surface area contributed by atoms with E-state index in [1.165, 1.54) is 0 Å². The van der Waals surface area contributed by atoms with E-state index in [0.717, 1.165) is 16.5 Å². The molecule has 0 aliphatic carbocycles. The van der Waals surface area contributed by atoms with E-state index >= 15 is 0 Å². The lowest BCUT2D eigenvalue weighted by Crippen LogP contribution is -2.15. The summed E-state index contributed by atoms with van der Waals surface area (Å²) in [5, 5.41) is 3.66. The number of aryl methyl sites for hydroxylation is 1. The first-order valence-electron chi connectivity index (χ1n) is 9.87. The van der Waals surface area contributed by atoms with Crippen LogP contribution >= 0.6 is 0 Å². The number of rotatable bonds is 7. The van der Waals surface area contributed by atoms with Crippen molar-refractivity contribution in [1.29, 1.82) is 0 Å². The highest BCUT2D eigenvalue weighted by Gasteiger charge is 2.14. The van der Waals surface area contributed by atoms with E-state index in [1.54, 1.807) is 68.0 Å². The van der Waals surface area contributed by atoms with Crippen molar-refractivity contribution in [2.75, 3.05) is 17.1 Å². The summed E-state index contributed by atoms with van der Waals surface area (Å²) < 4.78 is 38.2. The molecule has 0 aliphatic heterocycles. The zero-order valence-corrected chi connectivity index (χ0v) is 18.4. The maximum Gasteiger partial charge on any atom is 0.261 e. The van der Waals surface area contributed by atoms with Crippen LogP contribution in [0.5, 0.6) is 5.75 Å². The Kier molecular flexibility index (Phi) is 5.87. The van der Waals surface area contributed by atoms with Gasteiger partial charge in [0.1, 0.15) is 11.3 Å². The Morgan fingerprint density at radius 3 is 2.34 bits per heavy atom. The summed E-state index contributed by atoms with van der Waals surface area (Å²) >= 11 is 0. The Bertz CT molecular complexity index is 1360. The molecule has 0 saturated heterocycles. The van der Waals surface area contributed by atoms with Crippen LogP contribution in [0.2, 0.25) is 0 Å². The number of carbonyl (C=O) groups is 1. The smallest absolute Gasteiger partial charge is 0.261 e. The van der Waals surface area contributed by atoms with Gasteiger partial charge in [-0.05, 0) is 55.5 Å². The molecule has 1 aromatic heterocycles. The third-order valence-corrected chi connectivity index (χ3v) is 6.36. The largest absolute Gasteiger partial charge is 0.497 e. The summed E-state index contributed by atoms with van der Waals surface area (Å²) in [6.45, 7) is 1.89. The third kappa shape index (κ3) is 4.76. The van der Waals surface area contributed by atoms with Crippen molar-refractivity contribution in [2.24, 2.45) is 0 Å². The second kappa shape index (κ2) is 8.76. The Morgan fingerprint density at radius 2 is 1.66 bits per heavy atom. The fourth-order valence-electron chi connectivity index (χ4n) is 3.26. The standard InChI is InChI=1S/C24H22N2O5S/c1-16-3-10-21(11-4-16)32(28,29)26-19-7-5-18(6-8-19)25-24(27)13-17-15-31-23-14-20(30-2)9-12-22(17)23/h3-12,14-15,26H,13H2,1-2H3,(H,25,27). The van der Waals surface area contributed by atoms with Gasteiger partial charge in [0.05, 0.1) is 24.7 Å². The van der Waals surface area contributed by atoms with Crippen LogP contribution in [0.3, 0.4) is 0 Å². The minimum atomic E-state index is -3.68. The van der Waals surface area contributed by atoms with Crippen LogP contribution in [0.4, 0.5) is 11.4 Å². The molecular formula is C24H22N2O5S. The van der Waals surface area contributed by atoms with Gasteiger partial charge in [-0.3, -0.25) is 9.52 Å². The lowest BCUT2D eigenvalue weighted by Gasteiger charge is -2.10. The van der Waals surface area contributed by atoms with Gasteiger partial charge in [0.25, 0.3) is 10.0 Å². The lowest BCUT2D eigenvalue weighted by atomic mass is 10.1. The topological polar surface area (TPSA) is 97.6 Å². The van der Waals surface area contributed by atoms with Crippen molar-refractivity contribution >= 4 is 38.3 Å². The molecule has 7 nitrogen and oxygen atoms in total. The minimum Gasteiger partial charge on any atom is -0.497 e. The summed E-state index contributed by atoms with van der Waals surface area (Å²) in [7, 11) is -2.10. The first-order valence-corrected chi connectivity index (χ1v) is 11.4. The van der Waals surface area contributed by atoms with Crippen molar-refractivity contribution in [3.63, 3.8) is 0 Å². The van der Waals surface area contributed by atoms with Crippen molar-refractivity contribution in [2.45, 2.75) is 18.2 Å². The van der Waals surface area contributed by atoms with Crippen LogP contribution in [0, 0.1) is 6.92 Å². The number of benzene rings is 3. The number of nitrogens with one attached hydrogen (secondary N) is 2. The lowest BCUT2D eigenvalue weighted by molar-refractivity contribution is -0.115. The number of anilines is 2. The SMILES string of the molecule is COc1ccc2c(CC(=O)Nc3ccc(NS(=O)(=O)c4ccc(C)cc4)cc3)coc2c1. The molecule has 3 aromatic carbocycles. The van der Waals surface area contributed by atoms with Crippen LogP contribution in [0.1, 0.15) is 11.1 Å².